The van der Waals surface area contributed by atoms with Crippen LogP contribution in [0.25, 0.3) is 10.8 Å². The van der Waals surface area contributed by atoms with Gasteiger partial charge in [0.05, 0.1) is 16.9 Å². The van der Waals surface area contributed by atoms with Crippen LogP contribution < -0.4 is 4.18 Å². The number of carbonyl (C=O) groups is 2. The van der Waals surface area contributed by atoms with Gasteiger partial charge >= 0.3 is 25.7 Å². The van der Waals surface area contributed by atoms with E-state index in [-0.39, 0.29) is 27.8 Å². The minimum atomic E-state index is -6.34. The van der Waals surface area contributed by atoms with E-state index in [0.717, 1.165) is 37.8 Å². The Morgan fingerprint density at radius 3 is 2.17 bits per heavy atom. The van der Waals surface area contributed by atoms with Crippen molar-refractivity contribution in [3.63, 3.8) is 0 Å². The first kappa shape index (κ1) is 26.9. The summed E-state index contributed by atoms with van der Waals surface area (Å²) in [4.78, 5) is 25.3. The molecule has 0 aliphatic carbocycles. The number of unbranched alkanes of at least 4 members (excludes halogenated alkanes) is 5. The summed E-state index contributed by atoms with van der Waals surface area (Å²) in [5.41, 5.74) is -6.66. The van der Waals surface area contributed by atoms with Crippen LogP contribution in [0, 0.1) is 0 Å². The third-order valence-corrected chi connectivity index (χ3v) is 7.35. The molecule has 192 valence electrons. The quantitative estimate of drug-likeness (QED) is 0.180. The number of rotatable bonds is 11. The maximum atomic E-state index is 12.8. The Hall–Kier alpha value is -2.71. The van der Waals surface area contributed by atoms with Gasteiger partial charge in [0.2, 0.25) is 0 Å². The van der Waals surface area contributed by atoms with Crippen LogP contribution in [0.3, 0.4) is 0 Å². The van der Waals surface area contributed by atoms with Crippen molar-refractivity contribution in [2.45, 2.75) is 51.0 Å². The van der Waals surface area contributed by atoms with Gasteiger partial charge in [-0.05, 0) is 30.0 Å². The number of hydrogen-bond donors (Lipinski definition) is 0. The van der Waals surface area contributed by atoms with Gasteiger partial charge in [-0.3, -0.25) is 9.59 Å². The molecule has 0 N–H and O–H groups in total. The zero-order chi connectivity index (χ0) is 26.0. The van der Waals surface area contributed by atoms with E-state index < -0.39 is 48.2 Å². The summed E-state index contributed by atoms with van der Waals surface area (Å²) >= 11 is 0. The molecule has 2 amide bonds. The van der Waals surface area contributed by atoms with E-state index in [9.17, 15) is 39.6 Å². The minimum Gasteiger partial charge on any atom is -0.382 e. The summed E-state index contributed by atoms with van der Waals surface area (Å²) in [7, 11) is -10.4. The number of halogens is 3. The molecule has 0 aromatic heterocycles. The molecule has 0 spiro atoms. The number of imide groups is 1. The number of carbonyl (C=O) groups excluding carboxylic acids is 2. The molecule has 0 saturated heterocycles. The molecule has 35 heavy (non-hydrogen) atoms. The second-order valence-electron chi connectivity index (χ2n) is 7.87. The average Bonchev–Trinajstić information content (AvgIpc) is 2.76. The van der Waals surface area contributed by atoms with E-state index in [4.69, 9.17) is 4.18 Å². The Morgan fingerprint density at radius 1 is 0.886 bits per heavy atom. The Balaban J connectivity index is 1.89. The van der Waals surface area contributed by atoms with Gasteiger partial charge in [-0.25, -0.2) is 0 Å². The molecular formula is C21H22F3NO8S2. The van der Waals surface area contributed by atoms with Gasteiger partial charge in [-0.15, -0.1) is 9.35 Å². The molecule has 0 saturated carbocycles. The number of hydroxylamine groups is 2. The van der Waals surface area contributed by atoms with Gasteiger partial charge in [0.15, 0.2) is 0 Å². The molecular weight excluding hydrogens is 515 g/mol. The normalized spacial score (nSPS) is 14.6. The van der Waals surface area contributed by atoms with Gasteiger partial charge in [0.25, 0.3) is 11.8 Å². The molecule has 9 nitrogen and oxygen atoms in total. The van der Waals surface area contributed by atoms with Crippen LogP contribution in [0.15, 0.2) is 30.3 Å². The van der Waals surface area contributed by atoms with Crippen molar-refractivity contribution < 1.29 is 48.1 Å². The van der Waals surface area contributed by atoms with Crippen molar-refractivity contribution in [2.75, 3.05) is 5.75 Å². The third kappa shape index (κ3) is 5.93. The van der Waals surface area contributed by atoms with Crippen molar-refractivity contribution in [2.24, 2.45) is 0 Å². The fraction of sp³-hybridized carbons (Fsp3) is 0.429. The molecule has 0 fully saturated rings. The van der Waals surface area contributed by atoms with Crippen LogP contribution in [0.1, 0.15) is 66.2 Å². The molecule has 2 aromatic carbocycles. The molecule has 1 heterocycles. The molecule has 0 atom stereocenters. The largest absolute Gasteiger partial charge is 0.525 e. The number of hydrogen-bond acceptors (Lipinski definition) is 8. The number of alkyl halides is 3. The molecule has 14 heteroatoms. The Bertz CT molecular complexity index is 1350. The van der Waals surface area contributed by atoms with E-state index in [0.29, 0.717) is 12.8 Å². The van der Waals surface area contributed by atoms with Gasteiger partial charge in [-0.1, -0.05) is 51.2 Å². The van der Waals surface area contributed by atoms with Crippen LogP contribution in [-0.4, -0.2) is 45.0 Å². The first-order chi connectivity index (χ1) is 16.3. The van der Waals surface area contributed by atoms with Gasteiger partial charge < -0.3 is 4.18 Å². The van der Waals surface area contributed by atoms with Crippen LogP contribution >= 0.6 is 0 Å². The highest BCUT2D eigenvalue weighted by atomic mass is 32.2. The summed E-state index contributed by atoms with van der Waals surface area (Å²) in [5, 5.41) is -0.341. The van der Waals surface area contributed by atoms with Crippen molar-refractivity contribution in [3.05, 3.63) is 41.5 Å². The molecule has 3 rings (SSSR count). The Labute approximate surface area is 200 Å². The summed E-state index contributed by atoms with van der Waals surface area (Å²) in [6.07, 6.45) is 4.97. The highest BCUT2D eigenvalue weighted by molar-refractivity contribution is 7.87. The van der Waals surface area contributed by atoms with Gasteiger partial charge in [0, 0.05) is 5.39 Å². The molecule has 2 aromatic rings. The summed E-state index contributed by atoms with van der Waals surface area (Å²) in [6, 6.07) is 6.08. The average molecular weight is 538 g/mol. The highest BCUT2D eigenvalue weighted by Crippen LogP contribution is 2.36. The Morgan fingerprint density at radius 2 is 1.51 bits per heavy atom. The smallest absolute Gasteiger partial charge is 0.382 e. The van der Waals surface area contributed by atoms with Crippen molar-refractivity contribution in [3.8, 4) is 5.75 Å². The van der Waals surface area contributed by atoms with Crippen LogP contribution in [-0.2, 0) is 24.5 Å². The predicted molar refractivity (Wildman–Crippen MR) is 118 cm³/mol. The van der Waals surface area contributed by atoms with Gasteiger partial charge in [0.1, 0.15) is 5.75 Å². The lowest BCUT2D eigenvalue weighted by atomic mass is 9.95. The van der Waals surface area contributed by atoms with Gasteiger partial charge in [-0.2, -0.15) is 30.0 Å². The standard InChI is InChI=1S/C21H22F3NO8S2/c1-2-3-4-5-6-7-11-34(28,29)32-15-12-14-9-8-10-16-18(14)17(13-15)20(27)25(19(16)26)33-35(30,31)21(22,23)24/h8-10,12-13H,2-7,11H2,1H3. The lowest BCUT2D eigenvalue weighted by Gasteiger charge is -2.26. The molecule has 0 bridgehead atoms. The van der Waals surface area contributed by atoms with Crippen molar-refractivity contribution in [1.82, 2.24) is 5.06 Å². The van der Waals surface area contributed by atoms with Crippen molar-refractivity contribution >= 4 is 42.8 Å². The fourth-order valence-electron chi connectivity index (χ4n) is 3.56. The van der Waals surface area contributed by atoms with Crippen LogP contribution in [0.5, 0.6) is 5.75 Å². The zero-order valence-corrected chi connectivity index (χ0v) is 20.1. The number of benzene rings is 2. The zero-order valence-electron chi connectivity index (χ0n) is 18.5. The van der Waals surface area contributed by atoms with Crippen LogP contribution in [0.2, 0.25) is 0 Å². The summed E-state index contributed by atoms with van der Waals surface area (Å²) in [5.74, 6) is -3.56. The monoisotopic (exact) mass is 537 g/mol. The highest BCUT2D eigenvalue weighted by Gasteiger charge is 2.51. The molecule has 0 radical (unpaired) electrons. The van der Waals surface area contributed by atoms with E-state index in [1.807, 2.05) is 0 Å². The second kappa shape index (κ2) is 10.1. The Kier molecular flexibility index (Phi) is 7.77. The SMILES string of the molecule is CCCCCCCCS(=O)(=O)Oc1cc2c3c(cccc3c1)C(=O)N(OS(=O)(=O)C(F)(F)F)C2=O. The lowest BCUT2D eigenvalue weighted by molar-refractivity contribution is -0.0761. The molecule has 0 unspecified atom stereocenters. The first-order valence-corrected chi connectivity index (χ1v) is 13.6. The topological polar surface area (TPSA) is 124 Å². The second-order valence-corrected chi connectivity index (χ2v) is 11.1. The predicted octanol–water partition coefficient (Wildman–Crippen LogP) is 4.29. The third-order valence-electron chi connectivity index (χ3n) is 5.21. The summed E-state index contributed by atoms with van der Waals surface area (Å²) < 4.78 is 94.8. The lowest BCUT2D eigenvalue weighted by Crippen LogP contribution is -2.44. The summed E-state index contributed by atoms with van der Waals surface area (Å²) in [6.45, 7) is 2.05. The number of amides is 2. The van der Waals surface area contributed by atoms with E-state index in [1.54, 1.807) is 0 Å². The number of nitrogens with zero attached hydrogens (tertiary/aromatic N) is 1. The first-order valence-electron chi connectivity index (χ1n) is 10.7. The maximum Gasteiger partial charge on any atom is 0.525 e. The van der Waals surface area contributed by atoms with E-state index in [1.165, 1.54) is 18.2 Å². The fourth-order valence-corrected chi connectivity index (χ4v) is 5.01. The maximum absolute atomic E-state index is 12.8. The van der Waals surface area contributed by atoms with E-state index in [2.05, 4.69) is 11.2 Å². The minimum absolute atomic E-state index is 0.00701. The van der Waals surface area contributed by atoms with E-state index >= 15 is 0 Å². The molecule has 1 aliphatic rings. The van der Waals surface area contributed by atoms with Crippen molar-refractivity contribution in [1.29, 1.82) is 0 Å². The molecule has 1 aliphatic heterocycles. The van der Waals surface area contributed by atoms with Crippen LogP contribution in [0.4, 0.5) is 13.2 Å².